The molecule has 0 bridgehead atoms. The fourth-order valence-corrected chi connectivity index (χ4v) is 4.98. The number of carbonyl (C=O) groups excluding carboxylic acids is 2. The summed E-state index contributed by atoms with van der Waals surface area (Å²) in [5.74, 6) is -2.79. The van der Waals surface area contributed by atoms with Crippen molar-refractivity contribution in [1.82, 2.24) is 4.90 Å². The molecule has 3 N–H and O–H groups in total. The molecule has 0 aliphatic rings. The highest BCUT2D eigenvalue weighted by Gasteiger charge is 2.40. The van der Waals surface area contributed by atoms with Gasteiger partial charge in [0.25, 0.3) is 0 Å². The lowest BCUT2D eigenvalue weighted by molar-refractivity contribution is -0.141. The molecule has 0 fully saturated rings. The number of hydrogen-bond acceptors (Lipinski definition) is 10. The van der Waals surface area contributed by atoms with Crippen LogP contribution in [-0.4, -0.2) is 73.1 Å². The largest absolute Gasteiger partial charge is 0.510 e. The molecular formula is C29H48N3O11P. The molecule has 5 atom stereocenters. The van der Waals surface area contributed by atoms with E-state index in [-0.39, 0.29) is 19.6 Å². The molecule has 0 saturated heterocycles. The van der Waals surface area contributed by atoms with E-state index in [0.717, 1.165) is 4.90 Å². The highest BCUT2D eigenvalue weighted by atomic mass is 31.2. The second-order valence-corrected chi connectivity index (χ2v) is 11.8. The van der Waals surface area contributed by atoms with E-state index in [4.69, 9.17) is 33.7 Å². The van der Waals surface area contributed by atoms with Crippen LogP contribution >= 0.6 is 7.75 Å². The fourth-order valence-electron chi connectivity index (χ4n) is 3.41. The highest BCUT2D eigenvalue weighted by Crippen LogP contribution is 2.54. The van der Waals surface area contributed by atoms with Gasteiger partial charge in [-0.3, -0.25) is 0 Å². The van der Waals surface area contributed by atoms with Gasteiger partial charge in [-0.2, -0.15) is 0 Å². The first-order valence-electron chi connectivity index (χ1n) is 14.8. The number of carbonyl (C=O) groups is 3. The minimum Gasteiger partial charge on any atom is -0.480 e. The Kier molecular flexibility index (Phi) is 17.4. The first-order valence-corrected chi connectivity index (χ1v) is 16.3. The number of nitrogens with zero attached hydrogens (tertiary/aromatic N) is 2. The van der Waals surface area contributed by atoms with Crippen molar-refractivity contribution in [3.05, 3.63) is 35.9 Å². The van der Waals surface area contributed by atoms with Gasteiger partial charge in [-0.15, -0.1) is 4.76 Å². The Morgan fingerprint density at radius 2 is 1.34 bits per heavy atom. The number of likely N-dealkylation sites (N-methyl/N-ethyl adjacent to an activating group) is 1. The Labute approximate surface area is 259 Å². The smallest absolute Gasteiger partial charge is 0.480 e. The maximum absolute atomic E-state index is 14.4. The summed E-state index contributed by atoms with van der Waals surface area (Å²) < 4.78 is 50.5. The molecular weight excluding hydrogens is 597 g/mol. The zero-order valence-electron chi connectivity index (χ0n) is 26.7. The minimum absolute atomic E-state index is 0.0403. The van der Waals surface area contributed by atoms with E-state index >= 15 is 0 Å². The van der Waals surface area contributed by atoms with E-state index in [1.54, 1.807) is 71.9 Å². The summed E-state index contributed by atoms with van der Waals surface area (Å²) in [5.41, 5.74) is 6.92. The van der Waals surface area contributed by atoms with Gasteiger partial charge in [-0.25, -0.2) is 28.0 Å². The Hall–Kier alpha value is -3.35. The van der Waals surface area contributed by atoms with Crippen molar-refractivity contribution >= 4 is 32.0 Å². The van der Waals surface area contributed by atoms with Crippen LogP contribution in [0.25, 0.3) is 0 Å². The molecule has 0 aromatic heterocycles. The van der Waals surface area contributed by atoms with Crippen LogP contribution in [-0.2, 0) is 43.8 Å². The number of carboxylic acids is 1. The SMILES string of the molecule is CCCOC(=O)OC(OP(=O)(N=C(N)N(C)C(Cc1ccccc1)C(=O)O)OC(OC(=O)OCCC)C(C)CC)C(C)CC. The third kappa shape index (κ3) is 13.5. The number of rotatable bonds is 19. The van der Waals surface area contributed by atoms with Crippen molar-refractivity contribution in [3.8, 4) is 0 Å². The summed E-state index contributed by atoms with van der Waals surface area (Å²) >= 11 is 0. The van der Waals surface area contributed by atoms with Crippen LogP contribution < -0.4 is 5.73 Å². The van der Waals surface area contributed by atoms with Gasteiger partial charge in [0.1, 0.15) is 6.04 Å². The molecule has 15 heteroatoms. The predicted octanol–water partition coefficient (Wildman–Crippen LogP) is 5.94. The van der Waals surface area contributed by atoms with Gasteiger partial charge in [0.05, 0.1) is 13.2 Å². The van der Waals surface area contributed by atoms with Gasteiger partial charge >= 0.3 is 26.0 Å². The third-order valence-electron chi connectivity index (χ3n) is 6.57. The number of carboxylic acid groups (broad SMARTS) is 1. The standard InChI is InChI=1S/C29H48N3O11P/c1-8-17-38-28(35)40-25(20(5)10-3)42-44(37,43-26(21(6)11-4)41-29(36)39-18-9-2)31-27(30)32(7)23(24(33)34)19-22-15-13-12-14-16-22/h12-16,20-21,23,25-26H,8-11,17-19H2,1-7H3,(H,33,34)(H2,30,31,37). The first kappa shape index (κ1) is 38.7. The van der Waals surface area contributed by atoms with E-state index in [0.29, 0.717) is 31.2 Å². The van der Waals surface area contributed by atoms with Crippen molar-refractivity contribution in [3.63, 3.8) is 0 Å². The Morgan fingerprint density at radius 3 is 1.73 bits per heavy atom. The van der Waals surface area contributed by atoms with Crippen LogP contribution in [0.4, 0.5) is 9.59 Å². The zero-order valence-corrected chi connectivity index (χ0v) is 27.6. The monoisotopic (exact) mass is 645 g/mol. The van der Waals surface area contributed by atoms with Crippen molar-refractivity contribution in [1.29, 1.82) is 0 Å². The lowest BCUT2D eigenvalue weighted by Crippen LogP contribution is -2.47. The first-order chi connectivity index (χ1) is 20.8. The van der Waals surface area contributed by atoms with Gasteiger partial charge in [-0.1, -0.05) is 71.9 Å². The molecule has 1 aromatic rings. The molecule has 44 heavy (non-hydrogen) atoms. The summed E-state index contributed by atoms with van der Waals surface area (Å²) in [6.45, 7) is 10.7. The summed E-state index contributed by atoms with van der Waals surface area (Å²) in [5, 5.41) is 9.97. The molecule has 0 heterocycles. The molecule has 1 rings (SSSR count). The van der Waals surface area contributed by atoms with E-state index in [1.165, 1.54) is 7.05 Å². The molecule has 0 aliphatic carbocycles. The molecule has 0 amide bonds. The number of ether oxygens (including phenoxy) is 4. The molecule has 250 valence electrons. The van der Waals surface area contributed by atoms with Crippen LogP contribution in [0.5, 0.6) is 0 Å². The molecule has 0 aliphatic heterocycles. The summed E-state index contributed by atoms with van der Waals surface area (Å²) in [6.07, 6.45) is -3.16. The Balaban J connectivity index is 3.55. The van der Waals surface area contributed by atoms with Crippen LogP contribution in [0, 0.1) is 11.8 Å². The molecule has 0 radical (unpaired) electrons. The maximum atomic E-state index is 14.4. The van der Waals surface area contributed by atoms with Crippen LogP contribution in [0.15, 0.2) is 35.1 Å². The zero-order chi connectivity index (χ0) is 33.3. The highest BCUT2D eigenvalue weighted by molar-refractivity contribution is 7.52. The van der Waals surface area contributed by atoms with Gasteiger partial charge in [0, 0.05) is 25.3 Å². The van der Waals surface area contributed by atoms with Gasteiger partial charge in [-0.05, 0) is 31.2 Å². The Morgan fingerprint density at radius 1 is 0.886 bits per heavy atom. The lowest BCUT2D eigenvalue weighted by Gasteiger charge is -2.30. The summed E-state index contributed by atoms with van der Waals surface area (Å²) in [7, 11) is -3.47. The Bertz CT molecular complexity index is 1060. The average Bonchev–Trinajstić information content (AvgIpc) is 2.99. The normalized spacial score (nSPS) is 16.4. The second-order valence-electron chi connectivity index (χ2n) is 10.2. The van der Waals surface area contributed by atoms with Crippen molar-refractivity contribution < 1.29 is 52.1 Å². The average molecular weight is 646 g/mol. The number of guanidine groups is 1. The maximum Gasteiger partial charge on any atom is 0.510 e. The number of aliphatic carboxylic acids is 1. The van der Waals surface area contributed by atoms with Gasteiger partial charge in [0.15, 0.2) is 0 Å². The molecule has 0 saturated carbocycles. The topological polar surface area (TPSA) is 186 Å². The van der Waals surface area contributed by atoms with Gasteiger partial charge in [0.2, 0.25) is 18.5 Å². The van der Waals surface area contributed by atoms with E-state index in [9.17, 15) is 24.1 Å². The molecule has 0 spiro atoms. The van der Waals surface area contributed by atoms with Crippen molar-refractivity contribution in [2.45, 2.75) is 92.3 Å². The van der Waals surface area contributed by atoms with E-state index in [1.807, 2.05) is 0 Å². The lowest BCUT2D eigenvalue weighted by atomic mass is 10.1. The second kappa shape index (κ2) is 19.8. The van der Waals surface area contributed by atoms with E-state index < -0.39 is 62.4 Å². The molecule has 14 nitrogen and oxygen atoms in total. The van der Waals surface area contributed by atoms with Crippen LogP contribution in [0.3, 0.4) is 0 Å². The van der Waals surface area contributed by atoms with Crippen molar-refractivity contribution in [2.24, 2.45) is 22.3 Å². The number of benzene rings is 1. The summed E-state index contributed by atoms with van der Waals surface area (Å²) in [4.78, 5) is 38.0. The quantitative estimate of drug-likeness (QED) is 0.0592. The van der Waals surface area contributed by atoms with Crippen LogP contribution in [0.1, 0.15) is 72.8 Å². The van der Waals surface area contributed by atoms with Crippen molar-refractivity contribution in [2.75, 3.05) is 20.3 Å². The summed E-state index contributed by atoms with van der Waals surface area (Å²) in [6, 6.07) is 7.62. The molecule has 1 aromatic carbocycles. The number of hydrogen-bond donors (Lipinski definition) is 2. The van der Waals surface area contributed by atoms with Gasteiger partial charge < -0.3 is 34.7 Å². The van der Waals surface area contributed by atoms with E-state index in [2.05, 4.69) is 4.76 Å². The minimum atomic E-state index is -4.83. The predicted molar refractivity (Wildman–Crippen MR) is 163 cm³/mol. The van der Waals surface area contributed by atoms with Crippen LogP contribution in [0.2, 0.25) is 0 Å². The third-order valence-corrected chi connectivity index (χ3v) is 7.97. The molecule has 5 unspecified atom stereocenters. The fraction of sp³-hybridized carbons (Fsp3) is 0.655. The number of nitrogens with two attached hydrogens (primary N) is 1.